The molecular weight excluding hydrogens is 226 g/mol. The molecule has 0 saturated heterocycles. The smallest absolute Gasteiger partial charge is 0.161 e. The molecule has 0 N–H and O–H groups in total. The number of rotatable bonds is 9. The fraction of sp³-hybridized carbons (Fsp3) is 0.600. The van der Waals surface area contributed by atoms with Crippen LogP contribution in [-0.4, -0.2) is 38.3 Å². The van der Waals surface area contributed by atoms with Crippen LogP contribution in [0.5, 0.6) is 11.5 Å². The number of hydrogen-bond donors (Lipinski definition) is 0. The normalized spacial score (nSPS) is 10.7. The van der Waals surface area contributed by atoms with E-state index in [0.29, 0.717) is 6.61 Å². The second-order valence-corrected chi connectivity index (χ2v) is 4.34. The lowest BCUT2D eigenvalue weighted by molar-refractivity contribution is 0.204. The number of nitrogens with zero attached hydrogens (tertiary/aromatic N) is 1. The Hall–Kier alpha value is -1.22. The van der Waals surface area contributed by atoms with E-state index in [0.717, 1.165) is 31.1 Å². The lowest BCUT2D eigenvalue weighted by Gasteiger charge is -2.21. The van der Waals surface area contributed by atoms with Gasteiger partial charge in [0, 0.05) is 6.54 Å². The third kappa shape index (κ3) is 4.96. The summed E-state index contributed by atoms with van der Waals surface area (Å²) in [6, 6.07) is 7.79. The van der Waals surface area contributed by atoms with Crippen LogP contribution in [0, 0.1) is 0 Å². The molecule has 0 atom stereocenters. The minimum Gasteiger partial charge on any atom is -0.493 e. The number of methoxy groups -OCH3 is 1. The van der Waals surface area contributed by atoms with Crippen LogP contribution in [-0.2, 0) is 0 Å². The molecule has 0 aliphatic heterocycles. The molecule has 0 spiro atoms. The number of ether oxygens (including phenoxy) is 2. The molecule has 1 aromatic rings. The Kier molecular flexibility index (Phi) is 7.26. The first-order chi connectivity index (χ1) is 8.81. The molecule has 0 bridgehead atoms. The van der Waals surface area contributed by atoms with Gasteiger partial charge < -0.3 is 9.47 Å². The van der Waals surface area contributed by atoms with E-state index >= 15 is 0 Å². The summed E-state index contributed by atoms with van der Waals surface area (Å²) in [5, 5.41) is 0. The summed E-state index contributed by atoms with van der Waals surface area (Å²) >= 11 is 0. The summed E-state index contributed by atoms with van der Waals surface area (Å²) in [6.07, 6.45) is 2.38. The maximum Gasteiger partial charge on any atom is 0.161 e. The second-order valence-electron chi connectivity index (χ2n) is 4.34. The Morgan fingerprint density at radius 2 is 1.56 bits per heavy atom. The molecule has 0 fully saturated rings. The molecule has 0 unspecified atom stereocenters. The zero-order valence-corrected chi connectivity index (χ0v) is 11.8. The van der Waals surface area contributed by atoms with Gasteiger partial charge in [-0.3, -0.25) is 4.90 Å². The predicted octanol–water partition coefficient (Wildman–Crippen LogP) is 3.20. The van der Waals surface area contributed by atoms with Crippen LogP contribution >= 0.6 is 0 Å². The fourth-order valence-electron chi connectivity index (χ4n) is 1.99. The van der Waals surface area contributed by atoms with Gasteiger partial charge in [-0.2, -0.15) is 0 Å². The van der Waals surface area contributed by atoms with Crippen molar-refractivity contribution in [2.24, 2.45) is 0 Å². The Labute approximate surface area is 111 Å². The average molecular weight is 251 g/mol. The average Bonchev–Trinajstić information content (AvgIpc) is 2.40. The minimum absolute atomic E-state index is 0.709. The van der Waals surface area contributed by atoms with Crippen LogP contribution in [0.25, 0.3) is 0 Å². The fourth-order valence-corrected chi connectivity index (χ4v) is 1.99. The van der Waals surface area contributed by atoms with Crippen molar-refractivity contribution in [1.29, 1.82) is 0 Å². The topological polar surface area (TPSA) is 21.7 Å². The van der Waals surface area contributed by atoms with E-state index in [4.69, 9.17) is 9.47 Å². The monoisotopic (exact) mass is 251 g/mol. The molecule has 1 aromatic carbocycles. The summed E-state index contributed by atoms with van der Waals surface area (Å²) in [7, 11) is 1.67. The number of benzene rings is 1. The SMILES string of the molecule is CCCN(CCC)CCOc1ccccc1OC. The van der Waals surface area contributed by atoms with Crippen molar-refractivity contribution < 1.29 is 9.47 Å². The van der Waals surface area contributed by atoms with Gasteiger partial charge in [-0.25, -0.2) is 0 Å². The van der Waals surface area contributed by atoms with Crippen LogP contribution < -0.4 is 9.47 Å². The lowest BCUT2D eigenvalue weighted by Crippen LogP contribution is -2.30. The van der Waals surface area contributed by atoms with E-state index in [1.807, 2.05) is 24.3 Å². The van der Waals surface area contributed by atoms with Gasteiger partial charge in [0.25, 0.3) is 0 Å². The molecule has 3 nitrogen and oxygen atoms in total. The van der Waals surface area contributed by atoms with Gasteiger partial charge in [-0.1, -0.05) is 26.0 Å². The minimum atomic E-state index is 0.709. The largest absolute Gasteiger partial charge is 0.493 e. The van der Waals surface area contributed by atoms with Gasteiger partial charge in [-0.05, 0) is 38.1 Å². The summed E-state index contributed by atoms with van der Waals surface area (Å²) < 4.78 is 11.0. The van der Waals surface area contributed by atoms with Crippen LogP contribution in [0.3, 0.4) is 0 Å². The number of hydrogen-bond acceptors (Lipinski definition) is 3. The maximum absolute atomic E-state index is 5.78. The molecule has 0 radical (unpaired) electrons. The Morgan fingerprint density at radius 1 is 0.944 bits per heavy atom. The second kappa shape index (κ2) is 8.81. The van der Waals surface area contributed by atoms with Crippen LogP contribution in [0.1, 0.15) is 26.7 Å². The lowest BCUT2D eigenvalue weighted by atomic mass is 10.3. The number of para-hydroxylation sites is 2. The highest BCUT2D eigenvalue weighted by Crippen LogP contribution is 2.25. The molecule has 3 heteroatoms. The highest BCUT2D eigenvalue weighted by molar-refractivity contribution is 5.39. The van der Waals surface area contributed by atoms with Crippen molar-refractivity contribution in [3.8, 4) is 11.5 Å². The van der Waals surface area contributed by atoms with Crippen molar-refractivity contribution in [1.82, 2.24) is 4.90 Å². The van der Waals surface area contributed by atoms with E-state index < -0.39 is 0 Å². The molecule has 18 heavy (non-hydrogen) atoms. The van der Waals surface area contributed by atoms with Gasteiger partial charge in [0.2, 0.25) is 0 Å². The summed E-state index contributed by atoms with van der Waals surface area (Å²) in [4.78, 5) is 2.44. The summed E-state index contributed by atoms with van der Waals surface area (Å²) in [6.45, 7) is 8.39. The molecule has 0 amide bonds. The first-order valence-electron chi connectivity index (χ1n) is 6.80. The Bertz CT molecular complexity index is 322. The van der Waals surface area contributed by atoms with Crippen LogP contribution in [0.4, 0.5) is 0 Å². The van der Waals surface area contributed by atoms with E-state index in [1.54, 1.807) is 7.11 Å². The molecular formula is C15H25NO2. The molecule has 0 saturated carbocycles. The quantitative estimate of drug-likeness (QED) is 0.673. The Balaban J connectivity index is 2.39. The van der Waals surface area contributed by atoms with Crippen LogP contribution in [0.15, 0.2) is 24.3 Å². The van der Waals surface area contributed by atoms with Gasteiger partial charge in [-0.15, -0.1) is 0 Å². The van der Waals surface area contributed by atoms with Crippen molar-refractivity contribution in [2.45, 2.75) is 26.7 Å². The Morgan fingerprint density at radius 3 is 2.11 bits per heavy atom. The van der Waals surface area contributed by atoms with Crippen molar-refractivity contribution in [3.63, 3.8) is 0 Å². The van der Waals surface area contributed by atoms with E-state index in [9.17, 15) is 0 Å². The van der Waals surface area contributed by atoms with Gasteiger partial charge in [0.15, 0.2) is 11.5 Å². The zero-order valence-electron chi connectivity index (χ0n) is 11.8. The van der Waals surface area contributed by atoms with Gasteiger partial charge in [0.1, 0.15) is 6.61 Å². The zero-order chi connectivity index (χ0) is 13.2. The molecule has 0 heterocycles. The van der Waals surface area contributed by atoms with Crippen LogP contribution in [0.2, 0.25) is 0 Å². The first kappa shape index (κ1) is 14.8. The van der Waals surface area contributed by atoms with E-state index in [1.165, 1.54) is 12.8 Å². The predicted molar refractivity (Wildman–Crippen MR) is 75.5 cm³/mol. The first-order valence-corrected chi connectivity index (χ1v) is 6.80. The van der Waals surface area contributed by atoms with Gasteiger partial charge >= 0.3 is 0 Å². The summed E-state index contributed by atoms with van der Waals surface area (Å²) in [5.41, 5.74) is 0. The standard InChI is InChI=1S/C15H25NO2/c1-4-10-16(11-5-2)12-13-18-15-9-7-6-8-14(15)17-3/h6-9H,4-5,10-13H2,1-3H3. The molecule has 1 rings (SSSR count). The van der Waals surface area contributed by atoms with Crippen molar-refractivity contribution in [3.05, 3.63) is 24.3 Å². The summed E-state index contributed by atoms with van der Waals surface area (Å²) in [5.74, 6) is 1.63. The highest BCUT2D eigenvalue weighted by atomic mass is 16.5. The molecule has 0 aliphatic rings. The third-order valence-electron chi connectivity index (χ3n) is 2.81. The van der Waals surface area contributed by atoms with E-state index in [-0.39, 0.29) is 0 Å². The highest BCUT2D eigenvalue weighted by Gasteiger charge is 2.05. The molecule has 0 aromatic heterocycles. The van der Waals surface area contributed by atoms with Gasteiger partial charge in [0.05, 0.1) is 7.11 Å². The van der Waals surface area contributed by atoms with Crippen molar-refractivity contribution >= 4 is 0 Å². The molecule has 0 aliphatic carbocycles. The van der Waals surface area contributed by atoms with Crippen molar-refractivity contribution in [2.75, 3.05) is 33.4 Å². The third-order valence-corrected chi connectivity index (χ3v) is 2.81. The molecule has 102 valence electrons. The van der Waals surface area contributed by atoms with E-state index in [2.05, 4.69) is 18.7 Å². The maximum atomic E-state index is 5.78.